The number of anilines is 1. The molecule has 0 aliphatic carbocycles. The van der Waals surface area contributed by atoms with Crippen LogP contribution in [-0.2, 0) is 9.53 Å². The molecule has 1 rings (SSSR count). The first-order valence-electron chi connectivity index (χ1n) is 5.51. The van der Waals surface area contributed by atoms with E-state index < -0.39 is 0 Å². The number of nitrogens with zero attached hydrogens (tertiary/aromatic N) is 1. The first-order chi connectivity index (χ1) is 7.99. The third-order valence-corrected chi connectivity index (χ3v) is 2.85. The smallest absolute Gasteiger partial charge is 0.252 e. The van der Waals surface area contributed by atoms with Crippen molar-refractivity contribution in [2.24, 2.45) is 0 Å². The number of ether oxygens (including phenoxy) is 1. The van der Waals surface area contributed by atoms with Gasteiger partial charge in [-0.3, -0.25) is 10.1 Å². The molecule has 1 amide bonds. The molecule has 1 heterocycles. The van der Waals surface area contributed by atoms with Crippen LogP contribution in [0.15, 0.2) is 17.8 Å². The van der Waals surface area contributed by atoms with Crippen molar-refractivity contribution in [1.82, 2.24) is 4.98 Å². The summed E-state index contributed by atoms with van der Waals surface area (Å²) in [6.45, 7) is 8.09. The average Bonchev–Trinajstić information content (AvgIpc) is 2.63. The molecule has 94 valence electrons. The van der Waals surface area contributed by atoms with Gasteiger partial charge in [-0.1, -0.05) is 6.08 Å². The maximum Gasteiger partial charge on any atom is 0.252 e. The van der Waals surface area contributed by atoms with E-state index >= 15 is 0 Å². The fourth-order valence-electron chi connectivity index (χ4n) is 1.07. The summed E-state index contributed by atoms with van der Waals surface area (Å²) < 4.78 is 5.35. The summed E-state index contributed by atoms with van der Waals surface area (Å²) in [7, 11) is 0. The zero-order valence-corrected chi connectivity index (χ0v) is 11.4. The lowest BCUT2D eigenvalue weighted by molar-refractivity contribution is -0.112. The molecule has 0 aliphatic heterocycles. The lowest BCUT2D eigenvalue weighted by Crippen LogP contribution is -2.13. The van der Waals surface area contributed by atoms with Crippen LogP contribution in [-0.4, -0.2) is 23.6 Å². The Morgan fingerprint density at radius 1 is 1.65 bits per heavy atom. The zero-order chi connectivity index (χ0) is 12.8. The Kier molecular flexibility index (Phi) is 5.31. The van der Waals surface area contributed by atoms with E-state index in [9.17, 15) is 4.79 Å². The van der Waals surface area contributed by atoms with E-state index in [0.29, 0.717) is 17.3 Å². The number of carbonyl (C=O) groups is 1. The fraction of sp³-hybridized carbons (Fsp3) is 0.500. The highest BCUT2D eigenvalue weighted by molar-refractivity contribution is 7.15. The SMILES string of the molecule is C/C(=C\COC(C)C)C(=O)Nc1ncc(C)s1. The van der Waals surface area contributed by atoms with Crippen molar-refractivity contribution in [3.63, 3.8) is 0 Å². The van der Waals surface area contributed by atoms with Crippen molar-refractivity contribution in [1.29, 1.82) is 0 Å². The predicted molar refractivity (Wildman–Crippen MR) is 70.3 cm³/mol. The molecule has 0 aliphatic rings. The minimum Gasteiger partial charge on any atom is -0.375 e. The Bertz CT molecular complexity index is 410. The van der Waals surface area contributed by atoms with E-state index in [1.54, 1.807) is 19.2 Å². The molecule has 0 atom stereocenters. The zero-order valence-electron chi connectivity index (χ0n) is 10.6. The first kappa shape index (κ1) is 13.9. The highest BCUT2D eigenvalue weighted by Crippen LogP contribution is 2.17. The average molecular weight is 254 g/mol. The van der Waals surface area contributed by atoms with E-state index in [2.05, 4.69) is 10.3 Å². The quantitative estimate of drug-likeness (QED) is 0.822. The van der Waals surface area contributed by atoms with Crippen molar-refractivity contribution >= 4 is 22.4 Å². The molecule has 4 nitrogen and oxygen atoms in total. The van der Waals surface area contributed by atoms with Crippen LogP contribution in [0.25, 0.3) is 0 Å². The van der Waals surface area contributed by atoms with Gasteiger partial charge in [0.15, 0.2) is 5.13 Å². The van der Waals surface area contributed by atoms with Gasteiger partial charge in [-0.15, -0.1) is 11.3 Å². The Hall–Kier alpha value is -1.20. The van der Waals surface area contributed by atoms with Gasteiger partial charge >= 0.3 is 0 Å². The molecule has 17 heavy (non-hydrogen) atoms. The first-order valence-corrected chi connectivity index (χ1v) is 6.33. The van der Waals surface area contributed by atoms with E-state index in [1.807, 2.05) is 20.8 Å². The van der Waals surface area contributed by atoms with Gasteiger partial charge in [0.1, 0.15) is 0 Å². The van der Waals surface area contributed by atoms with Crippen molar-refractivity contribution in [2.45, 2.75) is 33.8 Å². The summed E-state index contributed by atoms with van der Waals surface area (Å²) in [4.78, 5) is 16.9. The van der Waals surface area contributed by atoms with Gasteiger partial charge in [-0.05, 0) is 27.7 Å². The van der Waals surface area contributed by atoms with Gasteiger partial charge in [-0.25, -0.2) is 4.98 Å². The number of nitrogens with one attached hydrogen (secondary N) is 1. The van der Waals surface area contributed by atoms with Crippen molar-refractivity contribution in [3.8, 4) is 0 Å². The van der Waals surface area contributed by atoms with Gasteiger partial charge in [-0.2, -0.15) is 0 Å². The topological polar surface area (TPSA) is 51.2 Å². The molecule has 0 radical (unpaired) electrons. The van der Waals surface area contributed by atoms with Gasteiger partial charge < -0.3 is 4.74 Å². The maximum atomic E-state index is 11.7. The lowest BCUT2D eigenvalue weighted by atomic mass is 10.3. The van der Waals surface area contributed by atoms with Crippen LogP contribution in [0.2, 0.25) is 0 Å². The molecule has 0 bridgehead atoms. The largest absolute Gasteiger partial charge is 0.375 e. The fourth-order valence-corrected chi connectivity index (χ4v) is 1.73. The highest BCUT2D eigenvalue weighted by Gasteiger charge is 2.06. The number of hydrogen-bond acceptors (Lipinski definition) is 4. The number of carbonyl (C=O) groups excluding carboxylic acids is 1. The summed E-state index contributed by atoms with van der Waals surface area (Å²) in [6, 6.07) is 0. The lowest BCUT2D eigenvalue weighted by Gasteiger charge is -2.05. The van der Waals surface area contributed by atoms with Crippen molar-refractivity contribution in [3.05, 3.63) is 22.7 Å². The van der Waals surface area contributed by atoms with Crippen LogP contribution in [0.3, 0.4) is 0 Å². The number of thiazole rings is 1. The van der Waals surface area contributed by atoms with Crippen LogP contribution >= 0.6 is 11.3 Å². The highest BCUT2D eigenvalue weighted by atomic mass is 32.1. The van der Waals surface area contributed by atoms with Gasteiger partial charge in [0, 0.05) is 16.6 Å². The molecular weight excluding hydrogens is 236 g/mol. The standard InChI is InChI=1S/C12H18N2O2S/c1-8(2)16-6-5-9(3)11(15)14-12-13-7-10(4)17-12/h5,7-8H,6H2,1-4H3,(H,13,14,15)/b9-5+. The summed E-state index contributed by atoms with van der Waals surface area (Å²) >= 11 is 1.46. The van der Waals surface area contributed by atoms with Crippen LogP contribution < -0.4 is 5.32 Å². The second-order valence-electron chi connectivity index (χ2n) is 4.00. The van der Waals surface area contributed by atoms with Crippen molar-refractivity contribution in [2.75, 3.05) is 11.9 Å². The molecule has 0 saturated carbocycles. The minimum atomic E-state index is -0.133. The Balaban J connectivity index is 2.46. The van der Waals surface area contributed by atoms with Gasteiger partial charge in [0.25, 0.3) is 5.91 Å². The molecule has 5 heteroatoms. The normalized spacial score (nSPS) is 11.9. The van der Waals surface area contributed by atoms with E-state index in [1.165, 1.54) is 11.3 Å². The van der Waals surface area contributed by atoms with E-state index in [0.717, 1.165) is 4.88 Å². The molecular formula is C12H18N2O2S. The third-order valence-electron chi connectivity index (χ3n) is 2.02. The van der Waals surface area contributed by atoms with Crippen LogP contribution in [0, 0.1) is 6.92 Å². The number of rotatable bonds is 5. The summed E-state index contributed by atoms with van der Waals surface area (Å²) in [5.41, 5.74) is 0.638. The third kappa shape index (κ3) is 5.10. The van der Waals surface area contributed by atoms with Gasteiger partial charge in [0.05, 0.1) is 12.7 Å². The van der Waals surface area contributed by atoms with E-state index in [-0.39, 0.29) is 12.0 Å². The molecule has 1 aromatic heterocycles. The maximum absolute atomic E-state index is 11.7. The molecule has 1 N–H and O–H groups in total. The van der Waals surface area contributed by atoms with Crippen LogP contribution in [0.4, 0.5) is 5.13 Å². The minimum absolute atomic E-state index is 0.133. The molecule has 0 saturated heterocycles. The number of hydrogen-bond donors (Lipinski definition) is 1. The summed E-state index contributed by atoms with van der Waals surface area (Å²) in [5.74, 6) is -0.133. The Morgan fingerprint density at radius 3 is 2.88 bits per heavy atom. The van der Waals surface area contributed by atoms with Crippen molar-refractivity contribution < 1.29 is 9.53 Å². The van der Waals surface area contributed by atoms with Gasteiger partial charge in [0.2, 0.25) is 0 Å². The number of aromatic nitrogens is 1. The predicted octanol–water partition coefficient (Wildman–Crippen LogP) is 2.76. The number of amides is 1. The molecule has 0 fully saturated rings. The molecule has 0 spiro atoms. The van der Waals surface area contributed by atoms with Crippen LogP contribution in [0.5, 0.6) is 0 Å². The summed E-state index contributed by atoms with van der Waals surface area (Å²) in [5, 5.41) is 3.37. The molecule has 1 aromatic rings. The second-order valence-corrected chi connectivity index (χ2v) is 5.23. The second kappa shape index (κ2) is 6.51. The number of aryl methyl sites for hydroxylation is 1. The summed E-state index contributed by atoms with van der Waals surface area (Å²) in [6.07, 6.45) is 3.68. The molecule has 0 unspecified atom stereocenters. The van der Waals surface area contributed by atoms with E-state index in [4.69, 9.17) is 4.74 Å². The Morgan fingerprint density at radius 2 is 2.35 bits per heavy atom. The molecule has 0 aromatic carbocycles. The Labute approximate surface area is 106 Å². The monoisotopic (exact) mass is 254 g/mol. The van der Waals surface area contributed by atoms with Crippen LogP contribution in [0.1, 0.15) is 25.6 Å².